The number of fused-ring (bicyclic) bond motifs is 2. The maximum Gasteiger partial charge on any atom is 0.335 e. The van der Waals surface area contributed by atoms with E-state index in [-0.39, 0.29) is 17.1 Å². The van der Waals surface area contributed by atoms with E-state index in [1.54, 1.807) is 30.3 Å². The molecule has 1 aromatic heterocycles. The molecule has 1 N–H and O–H groups in total. The van der Waals surface area contributed by atoms with Crippen LogP contribution in [0.25, 0.3) is 11.0 Å². The summed E-state index contributed by atoms with van der Waals surface area (Å²) in [6.07, 6.45) is 0. The van der Waals surface area contributed by atoms with Gasteiger partial charge in [0.05, 0.1) is 5.56 Å². The molecule has 0 amide bonds. The fraction of sp³-hybridized carbons (Fsp3) is 0.111. The van der Waals surface area contributed by atoms with Gasteiger partial charge in [-0.05, 0) is 42.5 Å². The SMILES string of the molecule is O=C(O)c1ccc2oc(C(=O)c3ccc4c(c3)OCCO4)cc2c1. The molecule has 0 saturated heterocycles. The number of hydrogen-bond acceptors (Lipinski definition) is 5. The number of carbonyl (C=O) groups is 2. The van der Waals surface area contributed by atoms with Crippen molar-refractivity contribution in [2.24, 2.45) is 0 Å². The quantitative estimate of drug-likeness (QED) is 0.745. The highest BCUT2D eigenvalue weighted by Gasteiger charge is 2.19. The average molecular weight is 324 g/mol. The van der Waals surface area contributed by atoms with Crippen molar-refractivity contribution in [1.82, 2.24) is 0 Å². The highest BCUT2D eigenvalue weighted by atomic mass is 16.6. The molecular weight excluding hydrogens is 312 g/mol. The third-order valence-electron chi connectivity index (χ3n) is 3.79. The predicted molar refractivity (Wildman–Crippen MR) is 84.0 cm³/mol. The van der Waals surface area contributed by atoms with E-state index < -0.39 is 5.97 Å². The Labute approximate surface area is 136 Å². The molecule has 0 fully saturated rings. The second kappa shape index (κ2) is 5.42. The largest absolute Gasteiger partial charge is 0.486 e. The number of rotatable bonds is 3. The first kappa shape index (κ1) is 14.3. The van der Waals surface area contributed by atoms with Crippen molar-refractivity contribution < 1.29 is 28.6 Å². The monoisotopic (exact) mass is 324 g/mol. The van der Waals surface area contributed by atoms with Crippen LogP contribution >= 0.6 is 0 Å². The van der Waals surface area contributed by atoms with Gasteiger partial charge in [0.1, 0.15) is 18.8 Å². The normalized spacial score (nSPS) is 13.0. The molecule has 0 aliphatic carbocycles. The summed E-state index contributed by atoms with van der Waals surface area (Å²) in [5.41, 5.74) is 1.01. The number of carboxylic acids is 1. The van der Waals surface area contributed by atoms with E-state index >= 15 is 0 Å². The molecule has 1 aliphatic rings. The van der Waals surface area contributed by atoms with Crippen LogP contribution in [0, 0.1) is 0 Å². The van der Waals surface area contributed by atoms with Gasteiger partial charge >= 0.3 is 5.97 Å². The molecule has 0 radical (unpaired) electrons. The Balaban J connectivity index is 1.71. The molecule has 0 atom stereocenters. The number of benzene rings is 2. The lowest BCUT2D eigenvalue weighted by Crippen LogP contribution is -2.15. The molecule has 0 bridgehead atoms. The molecule has 0 unspecified atom stereocenters. The lowest BCUT2D eigenvalue weighted by atomic mass is 10.1. The predicted octanol–water partition coefficient (Wildman–Crippen LogP) is 3.13. The van der Waals surface area contributed by atoms with Crippen molar-refractivity contribution in [3.05, 3.63) is 59.4 Å². The van der Waals surface area contributed by atoms with Gasteiger partial charge in [-0.3, -0.25) is 4.79 Å². The Bertz CT molecular complexity index is 969. The van der Waals surface area contributed by atoms with Crippen LogP contribution in [-0.2, 0) is 0 Å². The summed E-state index contributed by atoms with van der Waals surface area (Å²) in [6, 6.07) is 10.9. The average Bonchev–Trinajstić information content (AvgIpc) is 3.03. The van der Waals surface area contributed by atoms with E-state index in [0.29, 0.717) is 41.2 Å². The first-order valence-electron chi connectivity index (χ1n) is 7.33. The van der Waals surface area contributed by atoms with Crippen LogP contribution in [0.4, 0.5) is 0 Å². The lowest BCUT2D eigenvalue weighted by molar-refractivity contribution is 0.0697. The highest BCUT2D eigenvalue weighted by Crippen LogP contribution is 2.32. The van der Waals surface area contributed by atoms with Crippen LogP contribution in [0.3, 0.4) is 0 Å². The van der Waals surface area contributed by atoms with Crippen LogP contribution in [0.15, 0.2) is 46.9 Å². The van der Waals surface area contributed by atoms with E-state index in [9.17, 15) is 9.59 Å². The number of furan rings is 1. The van der Waals surface area contributed by atoms with Crippen molar-refractivity contribution in [2.75, 3.05) is 13.2 Å². The molecule has 6 nitrogen and oxygen atoms in total. The molecule has 120 valence electrons. The maximum absolute atomic E-state index is 12.6. The fourth-order valence-corrected chi connectivity index (χ4v) is 2.62. The van der Waals surface area contributed by atoms with Gasteiger partial charge in [-0.15, -0.1) is 0 Å². The Hall–Kier alpha value is -3.28. The van der Waals surface area contributed by atoms with Gasteiger partial charge in [0, 0.05) is 10.9 Å². The molecule has 4 rings (SSSR count). The van der Waals surface area contributed by atoms with E-state index in [0.717, 1.165) is 0 Å². The lowest BCUT2D eigenvalue weighted by Gasteiger charge is -2.18. The molecule has 1 aliphatic heterocycles. The number of ketones is 1. The smallest absolute Gasteiger partial charge is 0.335 e. The van der Waals surface area contributed by atoms with Gasteiger partial charge < -0.3 is 19.0 Å². The van der Waals surface area contributed by atoms with Crippen LogP contribution in [0.2, 0.25) is 0 Å². The van der Waals surface area contributed by atoms with Gasteiger partial charge in [-0.25, -0.2) is 4.79 Å². The van der Waals surface area contributed by atoms with Crippen LogP contribution < -0.4 is 9.47 Å². The topological polar surface area (TPSA) is 86.0 Å². The second-order valence-corrected chi connectivity index (χ2v) is 5.36. The van der Waals surface area contributed by atoms with Crippen molar-refractivity contribution in [2.45, 2.75) is 0 Å². The standard InChI is InChI=1S/C18H12O6/c19-17(10-1-4-14-15(8-10)23-6-5-22-14)16-9-12-7-11(18(20)21)2-3-13(12)24-16/h1-4,7-9H,5-6H2,(H,20,21). The maximum atomic E-state index is 12.6. The molecule has 0 spiro atoms. The zero-order chi connectivity index (χ0) is 16.7. The third kappa shape index (κ3) is 2.38. The fourth-order valence-electron chi connectivity index (χ4n) is 2.62. The molecule has 6 heteroatoms. The number of aromatic carboxylic acids is 1. The van der Waals surface area contributed by atoms with Crippen molar-refractivity contribution in [1.29, 1.82) is 0 Å². The molecule has 2 heterocycles. The minimum Gasteiger partial charge on any atom is -0.486 e. The number of carbonyl (C=O) groups excluding carboxylic acids is 1. The zero-order valence-corrected chi connectivity index (χ0v) is 12.4. The zero-order valence-electron chi connectivity index (χ0n) is 12.4. The summed E-state index contributed by atoms with van der Waals surface area (Å²) in [6.45, 7) is 0.920. The van der Waals surface area contributed by atoms with Gasteiger partial charge in [-0.2, -0.15) is 0 Å². The first-order valence-corrected chi connectivity index (χ1v) is 7.33. The van der Waals surface area contributed by atoms with Crippen molar-refractivity contribution in [3.63, 3.8) is 0 Å². The summed E-state index contributed by atoms with van der Waals surface area (Å²) in [7, 11) is 0. The number of hydrogen-bond donors (Lipinski definition) is 1. The Morgan fingerprint density at radius 1 is 0.875 bits per heavy atom. The van der Waals surface area contributed by atoms with Gasteiger partial charge in [0.25, 0.3) is 0 Å². The van der Waals surface area contributed by atoms with Crippen molar-refractivity contribution >= 4 is 22.7 Å². The van der Waals surface area contributed by atoms with Gasteiger partial charge in [-0.1, -0.05) is 0 Å². The van der Waals surface area contributed by atoms with E-state index in [1.165, 1.54) is 12.1 Å². The van der Waals surface area contributed by atoms with Crippen LogP contribution in [0.5, 0.6) is 11.5 Å². The summed E-state index contributed by atoms with van der Waals surface area (Å²) >= 11 is 0. The molecular formula is C18H12O6. The minimum atomic E-state index is -1.03. The number of carboxylic acid groups (broad SMARTS) is 1. The van der Waals surface area contributed by atoms with Gasteiger partial charge in [0.15, 0.2) is 17.3 Å². The summed E-state index contributed by atoms with van der Waals surface area (Å²) in [5.74, 6) is -0.0630. The Morgan fingerprint density at radius 3 is 2.42 bits per heavy atom. The molecule has 0 saturated carbocycles. The first-order chi connectivity index (χ1) is 11.6. The van der Waals surface area contributed by atoms with E-state index in [4.69, 9.17) is 19.0 Å². The van der Waals surface area contributed by atoms with E-state index in [1.807, 2.05) is 0 Å². The Morgan fingerprint density at radius 2 is 1.62 bits per heavy atom. The highest BCUT2D eigenvalue weighted by molar-refractivity contribution is 6.09. The summed E-state index contributed by atoms with van der Waals surface area (Å²) < 4.78 is 16.5. The number of ether oxygens (including phenoxy) is 2. The van der Waals surface area contributed by atoms with Crippen LogP contribution in [0.1, 0.15) is 26.5 Å². The summed E-state index contributed by atoms with van der Waals surface area (Å²) in [5, 5.41) is 9.59. The van der Waals surface area contributed by atoms with E-state index in [2.05, 4.69) is 0 Å². The third-order valence-corrected chi connectivity index (χ3v) is 3.79. The second-order valence-electron chi connectivity index (χ2n) is 5.36. The van der Waals surface area contributed by atoms with Crippen molar-refractivity contribution in [3.8, 4) is 11.5 Å². The van der Waals surface area contributed by atoms with Gasteiger partial charge in [0.2, 0.25) is 5.78 Å². The summed E-state index contributed by atoms with van der Waals surface area (Å²) in [4.78, 5) is 23.6. The molecule has 3 aromatic rings. The minimum absolute atomic E-state index is 0.140. The molecule has 2 aromatic carbocycles. The van der Waals surface area contributed by atoms with Crippen LogP contribution in [-0.4, -0.2) is 30.1 Å². The Kier molecular flexibility index (Phi) is 3.23. The molecule has 24 heavy (non-hydrogen) atoms.